The first-order valence-corrected chi connectivity index (χ1v) is 4.63. The maximum absolute atomic E-state index is 4.33. The quantitative estimate of drug-likeness (QED) is 0.630. The summed E-state index contributed by atoms with van der Waals surface area (Å²) in [5, 5.41) is 4.33. The molecule has 0 aromatic carbocycles. The number of hydrogen-bond acceptors (Lipinski definition) is 1. The summed E-state index contributed by atoms with van der Waals surface area (Å²) in [5.74, 6) is 0. The van der Waals surface area contributed by atoms with Crippen LogP contribution in [0.3, 0.4) is 0 Å². The van der Waals surface area contributed by atoms with Crippen molar-refractivity contribution in [1.29, 1.82) is 0 Å². The van der Waals surface area contributed by atoms with Crippen molar-refractivity contribution >= 4 is 0 Å². The maximum atomic E-state index is 4.33. The first-order chi connectivity index (χ1) is 5.61. The molecule has 2 heteroatoms. The molecule has 70 valence electrons. The molecule has 0 fully saturated rings. The van der Waals surface area contributed by atoms with Crippen LogP contribution < -0.4 is 0 Å². The standard InChI is InChI=1S/C8H14N2.C2H6/c1-6(2)10-5-7(3)8(4)9-10;1-2/h5-6H,1-4H3;1-2H3. The minimum absolute atomic E-state index is 0.479. The van der Waals surface area contributed by atoms with E-state index in [4.69, 9.17) is 0 Å². The molecule has 1 aromatic heterocycles. The van der Waals surface area contributed by atoms with Gasteiger partial charge in [0.05, 0.1) is 5.69 Å². The van der Waals surface area contributed by atoms with Gasteiger partial charge in [0.1, 0.15) is 0 Å². The third-order valence-corrected chi connectivity index (χ3v) is 1.69. The molecule has 0 N–H and O–H groups in total. The van der Waals surface area contributed by atoms with Crippen LogP contribution in [0.5, 0.6) is 0 Å². The van der Waals surface area contributed by atoms with Gasteiger partial charge in [-0.05, 0) is 33.3 Å². The zero-order chi connectivity index (χ0) is 9.72. The van der Waals surface area contributed by atoms with Crippen molar-refractivity contribution in [2.24, 2.45) is 0 Å². The summed E-state index contributed by atoms with van der Waals surface area (Å²) in [4.78, 5) is 0. The third-order valence-electron chi connectivity index (χ3n) is 1.69. The number of aryl methyl sites for hydroxylation is 2. The Morgan fingerprint density at radius 2 is 1.75 bits per heavy atom. The van der Waals surface area contributed by atoms with Gasteiger partial charge in [0.25, 0.3) is 0 Å². The Kier molecular flexibility index (Phi) is 4.64. The summed E-state index contributed by atoms with van der Waals surface area (Å²) in [6, 6.07) is 0.479. The molecule has 0 spiro atoms. The molecule has 0 aliphatic carbocycles. The van der Waals surface area contributed by atoms with Crippen LogP contribution in [0.25, 0.3) is 0 Å². The Morgan fingerprint density at radius 3 is 1.92 bits per heavy atom. The van der Waals surface area contributed by atoms with Crippen molar-refractivity contribution in [2.75, 3.05) is 0 Å². The normalized spacial score (nSPS) is 9.58. The van der Waals surface area contributed by atoms with Gasteiger partial charge in [-0.15, -0.1) is 0 Å². The van der Waals surface area contributed by atoms with E-state index in [9.17, 15) is 0 Å². The second kappa shape index (κ2) is 4.96. The van der Waals surface area contributed by atoms with Gasteiger partial charge in [0.2, 0.25) is 0 Å². The minimum Gasteiger partial charge on any atom is -0.270 e. The van der Waals surface area contributed by atoms with E-state index in [1.54, 1.807) is 0 Å². The molecule has 0 amide bonds. The van der Waals surface area contributed by atoms with Gasteiger partial charge in [-0.1, -0.05) is 13.8 Å². The lowest BCUT2D eigenvalue weighted by Gasteiger charge is -2.02. The average Bonchev–Trinajstić information content (AvgIpc) is 2.36. The molecule has 2 nitrogen and oxygen atoms in total. The van der Waals surface area contributed by atoms with Gasteiger partial charge in [-0.3, -0.25) is 4.68 Å². The highest BCUT2D eigenvalue weighted by molar-refractivity contribution is 5.12. The van der Waals surface area contributed by atoms with E-state index in [2.05, 4.69) is 32.1 Å². The third kappa shape index (κ3) is 2.68. The second-order valence-corrected chi connectivity index (χ2v) is 2.97. The lowest BCUT2D eigenvalue weighted by molar-refractivity contribution is 0.529. The SMILES string of the molecule is CC.Cc1cn(C(C)C)nc1C. The number of hydrogen-bond donors (Lipinski definition) is 0. The van der Waals surface area contributed by atoms with Gasteiger partial charge in [-0.25, -0.2) is 0 Å². The monoisotopic (exact) mass is 168 g/mol. The molecule has 12 heavy (non-hydrogen) atoms. The molecule has 1 heterocycles. The van der Waals surface area contributed by atoms with Crippen molar-refractivity contribution < 1.29 is 0 Å². The predicted molar refractivity (Wildman–Crippen MR) is 53.4 cm³/mol. The Labute approximate surface area is 75.6 Å². The fourth-order valence-corrected chi connectivity index (χ4v) is 0.837. The molecule has 1 rings (SSSR count). The molecule has 0 radical (unpaired) electrons. The molecule has 0 aliphatic heterocycles. The fourth-order valence-electron chi connectivity index (χ4n) is 0.837. The predicted octanol–water partition coefficient (Wildman–Crippen LogP) is 3.11. The zero-order valence-electron chi connectivity index (χ0n) is 9.05. The van der Waals surface area contributed by atoms with Crippen LogP contribution in [0.15, 0.2) is 6.20 Å². The highest BCUT2D eigenvalue weighted by atomic mass is 15.3. The van der Waals surface area contributed by atoms with Crippen molar-refractivity contribution in [2.45, 2.75) is 47.6 Å². The van der Waals surface area contributed by atoms with E-state index in [0.717, 1.165) is 5.69 Å². The van der Waals surface area contributed by atoms with Crippen LogP contribution in [-0.2, 0) is 0 Å². The summed E-state index contributed by atoms with van der Waals surface area (Å²) in [6.45, 7) is 12.4. The van der Waals surface area contributed by atoms with E-state index in [1.807, 2.05) is 25.5 Å². The fraction of sp³-hybridized carbons (Fsp3) is 0.700. The van der Waals surface area contributed by atoms with E-state index >= 15 is 0 Å². The van der Waals surface area contributed by atoms with E-state index in [-0.39, 0.29) is 0 Å². The highest BCUT2D eigenvalue weighted by Crippen LogP contribution is 2.07. The van der Waals surface area contributed by atoms with Crippen molar-refractivity contribution in [3.8, 4) is 0 Å². The molecule has 0 aliphatic rings. The van der Waals surface area contributed by atoms with E-state index in [1.165, 1.54) is 5.56 Å². The van der Waals surface area contributed by atoms with Crippen LogP contribution in [-0.4, -0.2) is 9.78 Å². The lowest BCUT2D eigenvalue weighted by atomic mass is 10.3. The molecule has 1 aromatic rings. The highest BCUT2D eigenvalue weighted by Gasteiger charge is 2.01. The van der Waals surface area contributed by atoms with Gasteiger partial charge >= 0.3 is 0 Å². The van der Waals surface area contributed by atoms with Crippen molar-refractivity contribution in [1.82, 2.24) is 9.78 Å². The summed E-state index contributed by atoms with van der Waals surface area (Å²) in [5.41, 5.74) is 2.41. The minimum atomic E-state index is 0.479. The molecule has 0 unspecified atom stereocenters. The largest absolute Gasteiger partial charge is 0.270 e. The van der Waals surface area contributed by atoms with Gasteiger partial charge in [-0.2, -0.15) is 5.10 Å². The Hall–Kier alpha value is -0.790. The Morgan fingerprint density at radius 1 is 1.25 bits per heavy atom. The van der Waals surface area contributed by atoms with Gasteiger partial charge in [0, 0.05) is 12.2 Å². The van der Waals surface area contributed by atoms with E-state index in [0.29, 0.717) is 6.04 Å². The lowest BCUT2D eigenvalue weighted by Crippen LogP contribution is -2.00. The average molecular weight is 168 g/mol. The number of rotatable bonds is 1. The maximum Gasteiger partial charge on any atom is 0.0622 e. The number of nitrogens with zero attached hydrogens (tertiary/aromatic N) is 2. The first-order valence-electron chi connectivity index (χ1n) is 4.63. The smallest absolute Gasteiger partial charge is 0.0622 e. The van der Waals surface area contributed by atoms with Crippen LogP contribution >= 0.6 is 0 Å². The van der Waals surface area contributed by atoms with Crippen molar-refractivity contribution in [3.63, 3.8) is 0 Å². The molecule has 0 saturated heterocycles. The topological polar surface area (TPSA) is 17.8 Å². The number of aromatic nitrogens is 2. The van der Waals surface area contributed by atoms with Gasteiger partial charge in [0.15, 0.2) is 0 Å². The Bertz CT molecular complexity index is 204. The molecule has 0 atom stereocenters. The van der Waals surface area contributed by atoms with Crippen LogP contribution in [0.4, 0.5) is 0 Å². The summed E-state index contributed by atoms with van der Waals surface area (Å²) < 4.78 is 1.99. The summed E-state index contributed by atoms with van der Waals surface area (Å²) >= 11 is 0. The molecule has 0 bridgehead atoms. The van der Waals surface area contributed by atoms with Crippen molar-refractivity contribution in [3.05, 3.63) is 17.5 Å². The van der Waals surface area contributed by atoms with Crippen LogP contribution in [0.1, 0.15) is 45.0 Å². The molecular formula is C10H20N2. The summed E-state index contributed by atoms with van der Waals surface area (Å²) in [6.07, 6.45) is 2.08. The van der Waals surface area contributed by atoms with Crippen LogP contribution in [0.2, 0.25) is 0 Å². The van der Waals surface area contributed by atoms with E-state index < -0.39 is 0 Å². The molecular weight excluding hydrogens is 148 g/mol. The molecule has 0 saturated carbocycles. The Balaban J connectivity index is 0.000000561. The zero-order valence-corrected chi connectivity index (χ0v) is 9.05. The summed E-state index contributed by atoms with van der Waals surface area (Å²) in [7, 11) is 0. The van der Waals surface area contributed by atoms with Crippen LogP contribution in [0, 0.1) is 13.8 Å². The first kappa shape index (κ1) is 11.2. The second-order valence-electron chi connectivity index (χ2n) is 2.97. The van der Waals surface area contributed by atoms with Gasteiger partial charge < -0.3 is 0 Å².